The van der Waals surface area contributed by atoms with Crippen LogP contribution in [0.1, 0.15) is 6.92 Å². The number of hydrogen-bond donors (Lipinski definition) is 2. The Kier molecular flexibility index (Phi) is 5.62. The largest absolute Gasteiger partial charge is 0.477 e. The van der Waals surface area contributed by atoms with E-state index in [1.165, 1.54) is 43.3 Å². The van der Waals surface area contributed by atoms with E-state index in [2.05, 4.69) is 10.6 Å². The van der Waals surface area contributed by atoms with Gasteiger partial charge in [-0.1, -0.05) is 12.1 Å². The van der Waals surface area contributed by atoms with Crippen LogP contribution in [0.4, 0.5) is 21.5 Å². The zero-order chi connectivity index (χ0) is 18.4. The van der Waals surface area contributed by atoms with E-state index < -0.39 is 23.3 Å². The maximum atomic E-state index is 13.7. The Balaban J connectivity index is 2.03. The first-order valence-electron chi connectivity index (χ1n) is 7.10. The Morgan fingerprint density at radius 2 is 1.92 bits per heavy atom. The van der Waals surface area contributed by atoms with Gasteiger partial charge in [0.25, 0.3) is 5.91 Å². The van der Waals surface area contributed by atoms with E-state index in [1.807, 2.05) is 0 Å². The van der Waals surface area contributed by atoms with Crippen molar-refractivity contribution in [2.45, 2.75) is 6.92 Å². The molecule has 2 amide bonds. The van der Waals surface area contributed by atoms with Crippen molar-refractivity contribution in [1.29, 1.82) is 0 Å². The fourth-order valence-corrected chi connectivity index (χ4v) is 1.96. The van der Waals surface area contributed by atoms with Crippen LogP contribution in [-0.2, 0) is 9.59 Å². The smallest absolute Gasteiger partial charge is 0.310 e. The summed E-state index contributed by atoms with van der Waals surface area (Å²) in [6.45, 7) is 0.747. The molecule has 0 aliphatic heterocycles. The molecule has 0 bridgehead atoms. The molecule has 0 saturated heterocycles. The Bertz CT molecular complexity index is 825. The molecule has 0 heterocycles. The minimum Gasteiger partial charge on any atom is -0.477 e. The average molecular weight is 347 g/mol. The van der Waals surface area contributed by atoms with Gasteiger partial charge in [0.2, 0.25) is 5.91 Å². The topological polar surface area (TPSA) is 111 Å². The minimum absolute atomic E-state index is 0.0740. The zero-order valence-corrected chi connectivity index (χ0v) is 13.1. The fourth-order valence-electron chi connectivity index (χ4n) is 1.96. The summed E-state index contributed by atoms with van der Waals surface area (Å²) in [6.07, 6.45) is 0. The Labute approximate surface area is 141 Å². The maximum absolute atomic E-state index is 13.7. The second-order valence-corrected chi connectivity index (χ2v) is 4.94. The van der Waals surface area contributed by atoms with E-state index in [-0.39, 0.29) is 23.0 Å². The van der Waals surface area contributed by atoms with Crippen molar-refractivity contribution in [3.8, 4) is 5.75 Å². The molecule has 2 N–H and O–H groups in total. The number of nitrogens with zero attached hydrogens (tertiary/aromatic N) is 1. The average Bonchev–Trinajstić information content (AvgIpc) is 2.55. The molecule has 0 aliphatic rings. The first-order valence-corrected chi connectivity index (χ1v) is 7.10. The number of ether oxygens (including phenoxy) is 1. The first kappa shape index (κ1) is 17.9. The lowest BCUT2D eigenvalue weighted by Gasteiger charge is -2.10. The van der Waals surface area contributed by atoms with Crippen LogP contribution in [-0.4, -0.2) is 23.3 Å². The van der Waals surface area contributed by atoms with E-state index in [0.29, 0.717) is 5.69 Å². The SMILES string of the molecule is CC(=O)Nc1ccc(F)c(NC(=O)COc2ccccc2[N+](=O)[O-])c1. The van der Waals surface area contributed by atoms with Crippen molar-refractivity contribution in [3.63, 3.8) is 0 Å². The van der Waals surface area contributed by atoms with Gasteiger partial charge in [-0.25, -0.2) is 4.39 Å². The second kappa shape index (κ2) is 7.86. The molecule has 0 atom stereocenters. The number of nitro benzene ring substituents is 1. The van der Waals surface area contributed by atoms with Gasteiger partial charge < -0.3 is 15.4 Å². The maximum Gasteiger partial charge on any atom is 0.310 e. The summed E-state index contributed by atoms with van der Waals surface area (Å²) >= 11 is 0. The van der Waals surface area contributed by atoms with Crippen LogP contribution < -0.4 is 15.4 Å². The highest BCUT2D eigenvalue weighted by Crippen LogP contribution is 2.26. The molecule has 0 saturated carbocycles. The third-order valence-electron chi connectivity index (χ3n) is 2.98. The molecular formula is C16H14FN3O5. The Morgan fingerprint density at radius 3 is 2.60 bits per heavy atom. The highest BCUT2D eigenvalue weighted by atomic mass is 19.1. The summed E-state index contributed by atoms with van der Waals surface area (Å²) in [5, 5.41) is 15.6. The van der Waals surface area contributed by atoms with Crippen molar-refractivity contribution >= 4 is 28.9 Å². The summed E-state index contributed by atoms with van der Waals surface area (Å²) in [5.74, 6) is -1.83. The number of anilines is 2. The van der Waals surface area contributed by atoms with Gasteiger partial charge in [-0.05, 0) is 24.3 Å². The lowest BCUT2D eigenvalue weighted by molar-refractivity contribution is -0.385. The molecule has 2 rings (SSSR count). The first-order chi connectivity index (χ1) is 11.9. The number of rotatable bonds is 6. The number of halogens is 1. The third-order valence-corrected chi connectivity index (χ3v) is 2.98. The number of carbonyl (C=O) groups excluding carboxylic acids is 2. The Hall–Kier alpha value is -3.49. The highest BCUT2D eigenvalue weighted by molar-refractivity contribution is 5.94. The number of benzene rings is 2. The lowest BCUT2D eigenvalue weighted by atomic mass is 10.2. The number of nitrogens with one attached hydrogen (secondary N) is 2. The summed E-state index contributed by atoms with van der Waals surface area (Å²) in [7, 11) is 0. The zero-order valence-electron chi connectivity index (χ0n) is 13.1. The van der Waals surface area contributed by atoms with Crippen LogP contribution in [0.3, 0.4) is 0 Å². The normalized spacial score (nSPS) is 10.0. The molecule has 0 aromatic heterocycles. The number of carbonyl (C=O) groups is 2. The van der Waals surface area contributed by atoms with Crippen molar-refractivity contribution in [1.82, 2.24) is 0 Å². The minimum atomic E-state index is -0.711. The molecule has 0 radical (unpaired) electrons. The summed E-state index contributed by atoms with van der Waals surface area (Å²) < 4.78 is 18.9. The number of nitro groups is 1. The summed E-state index contributed by atoms with van der Waals surface area (Å²) in [5.41, 5.74) is -0.125. The molecule has 25 heavy (non-hydrogen) atoms. The van der Waals surface area contributed by atoms with Crippen LogP contribution in [0.2, 0.25) is 0 Å². The summed E-state index contributed by atoms with van der Waals surface area (Å²) in [4.78, 5) is 33.1. The molecular weight excluding hydrogens is 333 g/mol. The van der Waals surface area contributed by atoms with E-state index in [4.69, 9.17) is 4.74 Å². The number of para-hydroxylation sites is 2. The molecule has 2 aromatic rings. The highest BCUT2D eigenvalue weighted by Gasteiger charge is 2.15. The molecule has 9 heteroatoms. The predicted octanol–water partition coefficient (Wildman–Crippen LogP) is 2.71. The predicted molar refractivity (Wildman–Crippen MR) is 87.9 cm³/mol. The van der Waals surface area contributed by atoms with Gasteiger partial charge in [-0.2, -0.15) is 0 Å². The molecule has 0 fully saturated rings. The molecule has 130 valence electrons. The van der Waals surface area contributed by atoms with Gasteiger partial charge >= 0.3 is 5.69 Å². The molecule has 0 unspecified atom stereocenters. The molecule has 2 aromatic carbocycles. The van der Waals surface area contributed by atoms with Crippen LogP contribution >= 0.6 is 0 Å². The van der Waals surface area contributed by atoms with E-state index in [9.17, 15) is 24.1 Å². The van der Waals surface area contributed by atoms with Crippen LogP contribution in [0.15, 0.2) is 42.5 Å². The van der Waals surface area contributed by atoms with Crippen molar-refractivity contribution in [2.24, 2.45) is 0 Å². The van der Waals surface area contributed by atoms with Crippen molar-refractivity contribution in [3.05, 3.63) is 58.4 Å². The van der Waals surface area contributed by atoms with E-state index in [0.717, 1.165) is 6.07 Å². The van der Waals surface area contributed by atoms with Gasteiger partial charge in [-0.15, -0.1) is 0 Å². The molecule has 8 nitrogen and oxygen atoms in total. The quantitative estimate of drug-likeness (QED) is 0.616. The fraction of sp³-hybridized carbons (Fsp3) is 0.125. The van der Waals surface area contributed by atoms with E-state index >= 15 is 0 Å². The summed E-state index contributed by atoms with van der Waals surface area (Å²) in [6, 6.07) is 9.26. The van der Waals surface area contributed by atoms with Gasteiger partial charge in [-0.3, -0.25) is 19.7 Å². The van der Waals surface area contributed by atoms with Gasteiger partial charge in [0.05, 0.1) is 10.6 Å². The van der Waals surface area contributed by atoms with Crippen molar-refractivity contribution in [2.75, 3.05) is 17.2 Å². The van der Waals surface area contributed by atoms with Crippen LogP contribution in [0.5, 0.6) is 5.75 Å². The number of amides is 2. The van der Waals surface area contributed by atoms with Crippen LogP contribution in [0, 0.1) is 15.9 Å². The van der Waals surface area contributed by atoms with Crippen molar-refractivity contribution < 1.29 is 23.6 Å². The Morgan fingerprint density at radius 1 is 1.20 bits per heavy atom. The van der Waals surface area contributed by atoms with Gasteiger partial charge in [0.1, 0.15) is 5.82 Å². The molecule has 0 aliphatic carbocycles. The lowest BCUT2D eigenvalue weighted by Crippen LogP contribution is -2.21. The standard InChI is InChI=1S/C16H14FN3O5/c1-10(21)18-11-6-7-12(17)13(8-11)19-16(22)9-25-15-5-3-2-4-14(15)20(23)24/h2-8H,9H2,1H3,(H,18,21)(H,19,22). The van der Waals surface area contributed by atoms with Crippen LogP contribution in [0.25, 0.3) is 0 Å². The third kappa shape index (κ3) is 4.99. The van der Waals surface area contributed by atoms with Gasteiger partial charge in [0.15, 0.2) is 12.4 Å². The second-order valence-electron chi connectivity index (χ2n) is 4.94. The monoisotopic (exact) mass is 347 g/mol. The van der Waals surface area contributed by atoms with E-state index in [1.54, 1.807) is 0 Å². The molecule has 0 spiro atoms. The number of hydrogen-bond acceptors (Lipinski definition) is 5. The van der Waals surface area contributed by atoms with Gasteiger partial charge in [0, 0.05) is 18.7 Å².